The number of rotatable bonds is 6. The van der Waals surface area contributed by atoms with Crippen LogP contribution >= 0.6 is 11.8 Å². The Morgan fingerprint density at radius 2 is 1.61 bits per heavy atom. The molecule has 1 aliphatic carbocycles. The van der Waals surface area contributed by atoms with Crippen LogP contribution in [0.25, 0.3) is 0 Å². The van der Waals surface area contributed by atoms with Crippen molar-refractivity contribution in [3.8, 4) is 0 Å². The van der Waals surface area contributed by atoms with Gasteiger partial charge in [0.1, 0.15) is 6.04 Å². The highest BCUT2D eigenvalue weighted by atomic mass is 32.2. The maximum atomic E-state index is 12.7. The largest absolute Gasteiger partial charge is 0.480 e. The molecule has 3 rings (SSSR count). The first-order valence-corrected chi connectivity index (χ1v) is 9.93. The Kier molecular flexibility index (Phi) is 5.79. The zero-order chi connectivity index (χ0) is 20.3. The molecule has 2 amide bonds. The number of aliphatic carboxylic acids is 1. The molecule has 0 aromatic heterocycles. The van der Waals surface area contributed by atoms with E-state index in [1.807, 2.05) is 6.26 Å². The van der Waals surface area contributed by atoms with E-state index in [4.69, 9.17) is 0 Å². The number of thioether (sulfide) groups is 1. The quantitative estimate of drug-likeness (QED) is 0.589. The molecule has 7 nitrogen and oxygen atoms in total. The number of ketones is 2. The third-order valence-electron chi connectivity index (χ3n) is 4.40. The summed E-state index contributed by atoms with van der Waals surface area (Å²) in [4.78, 5) is 48.7. The van der Waals surface area contributed by atoms with Crippen LogP contribution in [0.15, 0.2) is 42.5 Å². The number of fused-ring (bicyclic) bond motifs is 2. The van der Waals surface area contributed by atoms with Crippen LogP contribution in [-0.2, 0) is 4.79 Å². The Morgan fingerprint density at radius 1 is 1.00 bits per heavy atom. The van der Waals surface area contributed by atoms with Gasteiger partial charge in [0.2, 0.25) is 0 Å². The van der Waals surface area contributed by atoms with Crippen LogP contribution in [0.5, 0.6) is 0 Å². The topological polar surface area (TPSA) is 113 Å². The lowest BCUT2D eigenvalue weighted by Crippen LogP contribution is -2.43. The number of nitrogens with one attached hydrogen (secondary N) is 2. The van der Waals surface area contributed by atoms with Gasteiger partial charge in [0.15, 0.2) is 11.6 Å². The molecule has 0 spiro atoms. The molecule has 0 radical (unpaired) electrons. The lowest BCUT2D eigenvalue weighted by atomic mass is 9.84. The van der Waals surface area contributed by atoms with E-state index in [-0.39, 0.29) is 29.1 Å². The van der Waals surface area contributed by atoms with Crippen molar-refractivity contribution in [2.75, 3.05) is 17.3 Å². The summed E-state index contributed by atoms with van der Waals surface area (Å²) in [6.45, 7) is 0. The van der Waals surface area contributed by atoms with Crippen molar-refractivity contribution in [1.82, 2.24) is 5.32 Å². The Hall–Kier alpha value is -3.13. The first-order chi connectivity index (χ1) is 13.4. The number of amides is 2. The number of carbonyl (C=O) groups excluding carboxylic acids is 3. The molecule has 3 N–H and O–H groups in total. The SMILES string of the molecule is CSCCC(NC(=O)Nc1ccc2c(c1)C(=O)c1ccccc1C2=O)C(=O)O. The van der Waals surface area contributed by atoms with Crippen LogP contribution in [0.1, 0.15) is 38.3 Å². The third kappa shape index (κ3) is 3.91. The van der Waals surface area contributed by atoms with Gasteiger partial charge in [0, 0.05) is 27.9 Å². The highest BCUT2D eigenvalue weighted by Gasteiger charge is 2.29. The van der Waals surface area contributed by atoms with E-state index in [0.29, 0.717) is 22.6 Å². The lowest BCUT2D eigenvalue weighted by Gasteiger charge is -2.19. The van der Waals surface area contributed by atoms with Crippen LogP contribution in [0.3, 0.4) is 0 Å². The second-order valence-corrected chi connectivity index (χ2v) is 7.22. The Morgan fingerprint density at radius 3 is 2.21 bits per heavy atom. The molecule has 2 aromatic carbocycles. The van der Waals surface area contributed by atoms with E-state index in [2.05, 4.69) is 10.6 Å². The Balaban J connectivity index is 1.79. The molecular formula is C20H18N2O5S. The first-order valence-electron chi connectivity index (χ1n) is 8.54. The molecule has 2 aromatic rings. The van der Waals surface area contributed by atoms with E-state index >= 15 is 0 Å². The van der Waals surface area contributed by atoms with Crippen LogP contribution < -0.4 is 10.6 Å². The van der Waals surface area contributed by atoms with Crippen molar-refractivity contribution in [3.63, 3.8) is 0 Å². The highest BCUT2D eigenvalue weighted by Crippen LogP contribution is 2.29. The molecular weight excluding hydrogens is 380 g/mol. The zero-order valence-corrected chi connectivity index (χ0v) is 15.8. The van der Waals surface area contributed by atoms with Crippen LogP contribution in [0.2, 0.25) is 0 Å². The molecule has 0 fully saturated rings. The zero-order valence-electron chi connectivity index (χ0n) is 15.0. The van der Waals surface area contributed by atoms with Gasteiger partial charge in [-0.1, -0.05) is 24.3 Å². The van der Waals surface area contributed by atoms with Crippen LogP contribution in [0.4, 0.5) is 10.5 Å². The average molecular weight is 398 g/mol. The predicted molar refractivity (Wildman–Crippen MR) is 106 cm³/mol. The number of hydrogen-bond acceptors (Lipinski definition) is 5. The summed E-state index contributed by atoms with van der Waals surface area (Å²) < 4.78 is 0. The van der Waals surface area contributed by atoms with Crippen molar-refractivity contribution in [2.45, 2.75) is 12.5 Å². The summed E-state index contributed by atoms with van der Waals surface area (Å²) in [6, 6.07) is 9.31. The number of anilines is 1. The van der Waals surface area contributed by atoms with Crippen LogP contribution in [0, 0.1) is 0 Å². The summed E-state index contributed by atoms with van der Waals surface area (Å²) in [5.41, 5.74) is 1.46. The smallest absolute Gasteiger partial charge is 0.326 e. The first kappa shape index (κ1) is 19.6. The molecule has 1 atom stereocenters. The fourth-order valence-electron chi connectivity index (χ4n) is 3.00. The number of carboxylic acid groups (broad SMARTS) is 1. The second kappa shape index (κ2) is 8.26. The minimum atomic E-state index is -1.12. The van der Waals surface area contributed by atoms with Gasteiger partial charge < -0.3 is 15.7 Å². The van der Waals surface area contributed by atoms with Crippen LogP contribution in [-0.4, -0.2) is 46.7 Å². The van der Waals surface area contributed by atoms with Crippen molar-refractivity contribution in [1.29, 1.82) is 0 Å². The van der Waals surface area contributed by atoms with Gasteiger partial charge in [-0.3, -0.25) is 9.59 Å². The van der Waals surface area contributed by atoms with E-state index in [9.17, 15) is 24.3 Å². The monoisotopic (exact) mass is 398 g/mol. The molecule has 0 bridgehead atoms. The van der Waals surface area contributed by atoms with Gasteiger partial charge in [0.05, 0.1) is 0 Å². The molecule has 144 valence electrons. The van der Waals surface area contributed by atoms with E-state index in [1.54, 1.807) is 24.3 Å². The maximum absolute atomic E-state index is 12.7. The van der Waals surface area contributed by atoms with Crippen molar-refractivity contribution in [2.24, 2.45) is 0 Å². The maximum Gasteiger partial charge on any atom is 0.326 e. The summed E-state index contributed by atoms with van der Waals surface area (Å²) in [5.74, 6) is -1.07. The number of carboxylic acids is 1. The highest BCUT2D eigenvalue weighted by molar-refractivity contribution is 7.98. The molecule has 0 aliphatic heterocycles. The van der Waals surface area contributed by atoms with E-state index in [1.165, 1.54) is 30.0 Å². The van der Waals surface area contributed by atoms with Gasteiger partial charge in [-0.2, -0.15) is 11.8 Å². The molecule has 0 heterocycles. The fourth-order valence-corrected chi connectivity index (χ4v) is 3.47. The number of urea groups is 1. The second-order valence-electron chi connectivity index (χ2n) is 6.23. The van der Waals surface area contributed by atoms with Gasteiger partial charge in [-0.25, -0.2) is 9.59 Å². The summed E-state index contributed by atoms with van der Waals surface area (Å²) in [6.07, 6.45) is 2.14. The molecule has 28 heavy (non-hydrogen) atoms. The average Bonchev–Trinajstić information content (AvgIpc) is 2.69. The molecule has 1 unspecified atom stereocenters. The predicted octanol–water partition coefficient (Wildman–Crippen LogP) is 2.79. The summed E-state index contributed by atoms with van der Waals surface area (Å²) in [7, 11) is 0. The third-order valence-corrected chi connectivity index (χ3v) is 5.04. The normalized spacial score (nSPS) is 13.3. The van der Waals surface area contributed by atoms with Gasteiger partial charge in [-0.05, 0) is 36.6 Å². The van der Waals surface area contributed by atoms with Crippen molar-refractivity contribution in [3.05, 3.63) is 64.7 Å². The molecule has 0 saturated heterocycles. The standard InChI is InChI=1S/C20H18N2O5S/c1-28-9-8-16(19(25)26)22-20(27)21-11-6-7-14-15(10-11)18(24)13-5-3-2-4-12(13)17(14)23/h2-7,10,16H,8-9H2,1H3,(H,25,26)(H2,21,22,27). The minimum Gasteiger partial charge on any atom is -0.480 e. The Bertz CT molecular complexity index is 973. The Labute approximate surface area is 165 Å². The molecule has 8 heteroatoms. The van der Waals surface area contributed by atoms with Gasteiger partial charge >= 0.3 is 12.0 Å². The number of carbonyl (C=O) groups is 4. The summed E-state index contributed by atoms with van der Waals surface area (Å²) in [5, 5.41) is 14.1. The number of benzene rings is 2. The van der Waals surface area contributed by atoms with E-state index < -0.39 is 18.0 Å². The number of hydrogen-bond donors (Lipinski definition) is 3. The minimum absolute atomic E-state index is 0.207. The van der Waals surface area contributed by atoms with Crippen molar-refractivity contribution < 1.29 is 24.3 Å². The molecule has 1 aliphatic rings. The van der Waals surface area contributed by atoms with E-state index in [0.717, 1.165) is 0 Å². The fraction of sp³-hybridized carbons (Fsp3) is 0.200. The van der Waals surface area contributed by atoms with Gasteiger partial charge in [0.25, 0.3) is 0 Å². The summed E-state index contributed by atoms with van der Waals surface area (Å²) >= 11 is 1.48. The van der Waals surface area contributed by atoms with Crippen molar-refractivity contribution >= 4 is 41.0 Å². The lowest BCUT2D eigenvalue weighted by molar-refractivity contribution is -0.139. The van der Waals surface area contributed by atoms with Gasteiger partial charge in [-0.15, -0.1) is 0 Å². The molecule has 0 saturated carbocycles.